The Hall–Kier alpha value is -2.42. The summed E-state index contributed by atoms with van der Waals surface area (Å²) < 4.78 is 32.6. The number of sulfonamides is 1. The molecule has 0 atom stereocenters. The Kier molecular flexibility index (Phi) is 7.47. The van der Waals surface area contributed by atoms with Crippen LogP contribution in [0.5, 0.6) is 5.75 Å². The van der Waals surface area contributed by atoms with E-state index in [0.29, 0.717) is 31.8 Å². The van der Waals surface area contributed by atoms with Crippen molar-refractivity contribution in [3.05, 3.63) is 59.7 Å². The van der Waals surface area contributed by atoms with E-state index >= 15 is 0 Å². The van der Waals surface area contributed by atoms with Crippen LogP contribution >= 0.6 is 0 Å². The van der Waals surface area contributed by atoms with Gasteiger partial charge in [-0.25, -0.2) is 8.42 Å². The average molecular weight is 432 g/mol. The number of amides is 1. The lowest BCUT2D eigenvalue weighted by Gasteiger charge is -2.16. The first kappa shape index (κ1) is 22.3. The number of carbonyl (C=O) groups is 1. The SMILES string of the molecule is CN(C)CCOc1ccc(CNC(=O)c2cccc(S(=O)(=O)N3CCCC3)c2)cc1. The van der Waals surface area contributed by atoms with Crippen LogP contribution in [-0.4, -0.2) is 63.9 Å². The summed E-state index contributed by atoms with van der Waals surface area (Å²) in [7, 11) is 0.442. The highest BCUT2D eigenvalue weighted by Gasteiger charge is 2.27. The summed E-state index contributed by atoms with van der Waals surface area (Å²) in [6.45, 7) is 2.87. The second-order valence-corrected chi connectivity index (χ2v) is 9.56. The molecule has 0 bridgehead atoms. The second kappa shape index (κ2) is 10.1. The maximum atomic E-state index is 12.7. The maximum Gasteiger partial charge on any atom is 0.251 e. The van der Waals surface area contributed by atoms with Crippen molar-refractivity contribution in [2.75, 3.05) is 40.3 Å². The normalized spacial score (nSPS) is 14.8. The number of rotatable bonds is 9. The van der Waals surface area contributed by atoms with Gasteiger partial charge in [0.1, 0.15) is 12.4 Å². The van der Waals surface area contributed by atoms with Crippen LogP contribution in [-0.2, 0) is 16.6 Å². The Balaban J connectivity index is 1.57. The van der Waals surface area contributed by atoms with Gasteiger partial charge in [-0.2, -0.15) is 4.31 Å². The molecule has 30 heavy (non-hydrogen) atoms. The van der Waals surface area contributed by atoms with Crippen LogP contribution in [0.2, 0.25) is 0 Å². The summed E-state index contributed by atoms with van der Waals surface area (Å²) in [5, 5.41) is 2.85. The van der Waals surface area contributed by atoms with E-state index in [9.17, 15) is 13.2 Å². The topological polar surface area (TPSA) is 79.0 Å². The summed E-state index contributed by atoms with van der Waals surface area (Å²) in [6.07, 6.45) is 1.75. The van der Waals surface area contributed by atoms with Crippen LogP contribution in [0.4, 0.5) is 0 Å². The van der Waals surface area contributed by atoms with Gasteiger partial charge in [0, 0.05) is 31.7 Å². The minimum Gasteiger partial charge on any atom is -0.492 e. The van der Waals surface area contributed by atoms with Gasteiger partial charge in [-0.1, -0.05) is 18.2 Å². The van der Waals surface area contributed by atoms with Crippen molar-refractivity contribution in [1.29, 1.82) is 0 Å². The molecule has 0 aliphatic carbocycles. The van der Waals surface area contributed by atoms with Crippen molar-refractivity contribution >= 4 is 15.9 Å². The van der Waals surface area contributed by atoms with Crippen molar-refractivity contribution in [1.82, 2.24) is 14.5 Å². The first-order chi connectivity index (χ1) is 14.4. The van der Waals surface area contributed by atoms with Crippen molar-refractivity contribution in [3.63, 3.8) is 0 Å². The highest BCUT2D eigenvalue weighted by molar-refractivity contribution is 7.89. The molecule has 0 unspecified atom stereocenters. The monoisotopic (exact) mass is 431 g/mol. The third-order valence-corrected chi connectivity index (χ3v) is 6.88. The Bertz CT molecular complexity index is 953. The molecule has 2 aromatic carbocycles. The lowest BCUT2D eigenvalue weighted by Crippen LogP contribution is -2.28. The van der Waals surface area contributed by atoms with Gasteiger partial charge in [-0.3, -0.25) is 4.79 Å². The summed E-state index contributed by atoms with van der Waals surface area (Å²) >= 11 is 0. The number of nitrogens with zero attached hydrogens (tertiary/aromatic N) is 2. The van der Waals surface area contributed by atoms with Gasteiger partial charge in [-0.05, 0) is 62.8 Å². The zero-order valence-corrected chi connectivity index (χ0v) is 18.3. The van der Waals surface area contributed by atoms with Gasteiger partial charge in [0.25, 0.3) is 5.91 Å². The zero-order valence-electron chi connectivity index (χ0n) is 17.5. The smallest absolute Gasteiger partial charge is 0.251 e. The van der Waals surface area contributed by atoms with Gasteiger partial charge in [-0.15, -0.1) is 0 Å². The third-order valence-electron chi connectivity index (χ3n) is 4.98. The fourth-order valence-corrected chi connectivity index (χ4v) is 4.77. The predicted molar refractivity (Wildman–Crippen MR) is 116 cm³/mol. The van der Waals surface area contributed by atoms with E-state index in [1.54, 1.807) is 18.2 Å². The van der Waals surface area contributed by atoms with E-state index in [4.69, 9.17) is 4.74 Å². The van der Waals surface area contributed by atoms with Crippen LogP contribution in [0.15, 0.2) is 53.4 Å². The predicted octanol–water partition coefficient (Wildman–Crippen LogP) is 2.34. The molecule has 1 saturated heterocycles. The van der Waals surface area contributed by atoms with Gasteiger partial charge < -0.3 is 15.0 Å². The first-order valence-electron chi connectivity index (χ1n) is 10.1. The van der Waals surface area contributed by atoms with E-state index in [-0.39, 0.29) is 10.8 Å². The average Bonchev–Trinajstić information content (AvgIpc) is 3.29. The molecule has 7 nitrogen and oxygen atoms in total. The van der Waals surface area contributed by atoms with Crippen LogP contribution < -0.4 is 10.1 Å². The van der Waals surface area contributed by atoms with Crippen molar-refractivity contribution in [2.24, 2.45) is 0 Å². The van der Waals surface area contributed by atoms with E-state index in [2.05, 4.69) is 10.2 Å². The Morgan fingerprint density at radius 2 is 1.80 bits per heavy atom. The number of nitrogens with one attached hydrogen (secondary N) is 1. The number of ether oxygens (including phenoxy) is 1. The molecule has 1 amide bonds. The molecule has 1 heterocycles. The van der Waals surface area contributed by atoms with E-state index in [0.717, 1.165) is 30.7 Å². The number of carbonyl (C=O) groups excluding carboxylic acids is 1. The van der Waals surface area contributed by atoms with Crippen LogP contribution in [0, 0.1) is 0 Å². The molecule has 0 spiro atoms. The third kappa shape index (κ3) is 5.81. The van der Waals surface area contributed by atoms with Crippen LogP contribution in [0.3, 0.4) is 0 Å². The molecule has 0 saturated carbocycles. The first-order valence-corrected chi connectivity index (χ1v) is 11.5. The molecule has 8 heteroatoms. The molecule has 162 valence electrons. The van der Waals surface area contributed by atoms with E-state index in [1.165, 1.54) is 10.4 Å². The summed E-state index contributed by atoms with van der Waals surface area (Å²) in [6, 6.07) is 13.8. The summed E-state index contributed by atoms with van der Waals surface area (Å²) in [5.74, 6) is 0.478. The Morgan fingerprint density at radius 3 is 2.47 bits per heavy atom. The molecule has 1 N–H and O–H groups in total. The second-order valence-electron chi connectivity index (χ2n) is 7.62. The largest absolute Gasteiger partial charge is 0.492 e. The fourth-order valence-electron chi connectivity index (χ4n) is 3.21. The van der Waals surface area contributed by atoms with Crippen molar-refractivity contribution in [3.8, 4) is 5.75 Å². The van der Waals surface area contributed by atoms with Gasteiger partial charge in [0.2, 0.25) is 10.0 Å². The van der Waals surface area contributed by atoms with Crippen molar-refractivity contribution < 1.29 is 17.9 Å². The van der Waals surface area contributed by atoms with Gasteiger partial charge in [0.05, 0.1) is 4.90 Å². The fraction of sp³-hybridized carbons (Fsp3) is 0.409. The molecular weight excluding hydrogens is 402 g/mol. The standard InChI is InChI=1S/C22H29N3O4S/c1-24(2)14-15-29-20-10-8-18(9-11-20)17-23-22(26)19-6-5-7-21(16-19)30(27,28)25-12-3-4-13-25/h5-11,16H,3-4,12-15,17H2,1-2H3,(H,23,26). The summed E-state index contributed by atoms with van der Waals surface area (Å²) in [5.41, 5.74) is 1.27. The number of hydrogen-bond acceptors (Lipinski definition) is 5. The molecule has 1 aliphatic rings. The quantitative estimate of drug-likeness (QED) is 0.659. The lowest BCUT2D eigenvalue weighted by molar-refractivity contribution is 0.0950. The lowest BCUT2D eigenvalue weighted by atomic mass is 10.2. The number of hydrogen-bond donors (Lipinski definition) is 1. The molecular formula is C22H29N3O4S. The summed E-state index contributed by atoms with van der Waals surface area (Å²) in [4.78, 5) is 14.8. The molecule has 2 aromatic rings. The van der Waals surface area contributed by atoms with Crippen LogP contribution in [0.1, 0.15) is 28.8 Å². The minimum absolute atomic E-state index is 0.163. The van der Waals surface area contributed by atoms with Crippen LogP contribution in [0.25, 0.3) is 0 Å². The highest BCUT2D eigenvalue weighted by atomic mass is 32.2. The number of benzene rings is 2. The number of likely N-dealkylation sites (N-methyl/N-ethyl adjacent to an activating group) is 1. The van der Waals surface area contributed by atoms with E-state index < -0.39 is 10.0 Å². The molecule has 0 radical (unpaired) electrons. The van der Waals surface area contributed by atoms with Gasteiger partial charge in [0.15, 0.2) is 0 Å². The molecule has 1 aliphatic heterocycles. The molecule has 3 rings (SSSR count). The van der Waals surface area contributed by atoms with E-state index in [1.807, 2.05) is 38.4 Å². The Labute approximate surface area is 178 Å². The zero-order chi connectivity index (χ0) is 21.6. The molecule has 1 fully saturated rings. The molecule has 0 aromatic heterocycles. The van der Waals surface area contributed by atoms with Gasteiger partial charge >= 0.3 is 0 Å². The van der Waals surface area contributed by atoms with Crippen molar-refractivity contribution in [2.45, 2.75) is 24.3 Å². The maximum absolute atomic E-state index is 12.7. The minimum atomic E-state index is -3.54. The Morgan fingerprint density at radius 1 is 1.10 bits per heavy atom. The highest BCUT2D eigenvalue weighted by Crippen LogP contribution is 2.21.